The van der Waals surface area contributed by atoms with Crippen molar-refractivity contribution in [3.8, 4) is 11.3 Å². The van der Waals surface area contributed by atoms with Gasteiger partial charge >= 0.3 is 0 Å². The van der Waals surface area contributed by atoms with Crippen LogP contribution in [0, 0.1) is 0 Å². The van der Waals surface area contributed by atoms with E-state index in [0.717, 1.165) is 6.26 Å². The highest BCUT2D eigenvalue weighted by Crippen LogP contribution is 2.21. The number of rotatable bonds is 4. The van der Waals surface area contributed by atoms with Gasteiger partial charge in [0, 0.05) is 11.3 Å². The summed E-state index contributed by atoms with van der Waals surface area (Å²) in [6.07, 6.45) is 1.74. The number of H-pyrrole nitrogens is 1. The number of hydrogen-bond acceptors (Lipinski definition) is 4. The number of carbonyl (C=O) groups is 1. The van der Waals surface area contributed by atoms with Crippen molar-refractivity contribution in [1.29, 1.82) is 0 Å². The fourth-order valence-corrected chi connectivity index (χ4v) is 2.06. The number of nitrogens with zero attached hydrogens (tertiary/aromatic N) is 1. The molecule has 2 rings (SSSR count). The molecule has 0 aliphatic heterocycles. The first-order valence-electron chi connectivity index (χ1n) is 5.07. The number of anilines is 1. The molecule has 2 N–H and O–H groups in total. The minimum Gasteiger partial charge on any atom is -0.296 e. The van der Waals surface area contributed by atoms with Crippen molar-refractivity contribution < 1.29 is 13.2 Å². The summed E-state index contributed by atoms with van der Waals surface area (Å²) >= 11 is 0. The van der Waals surface area contributed by atoms with Gasteiger partial charge in [0.1, 0.15) is 0 Å². The molecule has 0 saturated heterocycles. The van der Waals surface area contributed by atoms with Gasteiger partial charge in [0.15, 0.2) is 6.29 Å². The lowest BCUT2D eigenvalue weighted by Gasteiger charge is -2.04. The van der Waals surface area contributed by atoms with E-state index >= 15 is 0 Å². The molecule has 1 aromatic heterocycles. The summed E-state index contributed by atoms with van der Waals surface area (Å²) in [4.78, 5) is 10.5. The summed E-state index contributed by atoms with van der Waals surface area (Å²) in [5, 5.41) is 6.53. The maximum absolute atomic E-state index is 11.1. The number of carbonyl (C=O) groups excluding carboxylic acids is 1. The van der Waals surface area contributed by atoms with Gasteiger partial charge in [0.2, 0.25) is 10.0 Å². The maximum Gasteiger partial charge on any atom is 0.229 e. The Labute approximate surface area is 104 Å². The molecule has 0 radical (unpaired) electrons. The first kappa shape index (κ1) is 12.3. The van der Waals surface area contributed by atoms with Crippen LogP contribution in [0.25, 0.3) is 11.3 Å². The molecule has 0 aliphatic carbocycles. The van der Waals surface area contributed by atoms with Crippen molar-refractivity contribution in [2.24, 2.45) is 0 Å². The number of aromatic nitrogens is 2. The number of aldehydes is 1. The summed E-state index contributed by atoms with van der Waals surface area (Å²) < 4.78 is 24.6. The second-order valence-electron chi connectivity index (χ2n) is 3.78. The topological polar surface area (TPSA) is 91.9 Å². The van der Waals surface area contributed by atoms with Crippen molar-refractivity contribution in [2.75, 3.05) is 11.0 Å². The summed E-state index contributed by atoms with van der Waals surface area (Å²) in [6.45, 7) is 0. The van der Waals surface area contributed by atoms with Crippen molar-refractivity contribution in [1.82, 2.24) is 10.2 Å². The van der Waals surface area contributed by atoms with Crippen molar-refractivity contribution >= 4 is 22.0 Å². The molecular weight excluding hydrogens is 254 g/mol. The molecule has 0 spiro atoms. The largest absolute Gasteiger partial charge is 0.296 e. The van der Waals surface area contributed by atoms with Crippen LogP contribution in [0.3, 0.4) is 0 Å². The first-order valence-corrected chi connectivity index (χ1v) is 6.96. The summed E-state index contributed by atoms with van der Waals surface area (Å²) in [6, 6.07) is 8.35. The van der Waals surface area contributed by atoms with Crippen LogP contribution in [-0.2, 0) is 10.0 Å². The lowest BCUT2D eigenvalue weighted by molar-refractivity contribution is 0.111. The van der Waals surface area contributed by atoms with Gasteiger partial charge in [-0.3, -0.25) is 14.6 Å². The third-order valence-electron chi connectivity index (χ3n) is 2.19. The third kappa shape index (κ3) is 2.95. The van der Waals surface area contributed by atoms with E-state index in [1.165, 1.54) is 0 Å². The molecule has 18 heavy (non-hydrogen) atoms. The Balaban J connectivity index is 2.35. The Hall–Kier alpha value is -2.15. The van der Waals surface area contributed by atoms with Crippen LogP contribution < -0.4 is 4.72 Å². The van der Waals surface area contributed by atoms with E-state index in [9.17, 15) is 13.2 Å². The normalized spacial score (nSPS) is 11.2. The second-order valence-corrected chi connectivity index (χ2v) is 5.53. The Morgan fingerprint density at radius 1 is 1.33 bits per heavy atom. The highest BCUT2D eigenvalue weighted by molar-refractivity contribution is 7.92. The summed E-state index contributed by atoms with van der Waals surface area (Å²) in [5.41, 5.74) is 2.11. The molecule has 0 amide bonds. The van der Waals surface area contributed by atoms with E-state index in [-0.39, 0.29) is 0 Å². The Morgan fingerprint density at radius 3 is 2.72 bits per heavy atom. The monoisotopic (exact) mass is 265 g/mol. The zero-order valence-electron chi connectivity index (χ0n) is 9.54. The van der Waals surface area contributed by atoms with Crippen LogP contribution in [0.2, 0.25) is 0 Å². The lowest BCUT2D eigenvalue weighted by atomic mass is 10.1. The van der Waals surface area contributed by atoms with E-state index < -0.39 is 10.0 Å². The van der Waals surface area contributed by atoms with Gasteiger partial charge in [0.25, 0.3) is 0 Å². The molecule has 2 aromatic rings. The number of aromatic amines is 1. The minimum absolute atomic E-state index is 0.367. The van der Waals surface area contributed by atoms with E-state index in [4.69, 9.17) is 0 Å². The predicted octanol–water partition coefficient (Wildman–Crippen LogP) is 1.26. The van der Waals surface area contributed by atoms with Crippen molar-refractivity contribution in [3.05, 3.63) is 36.0 Å². The molecule has 1 heterocycles. The van der Waals surface area contributed by atoms with Crippen LogP contribution in [0.5, 0.6) is 0 Å². The van der Waals surface area contributed by atoms with E-state index in [1.54, 1.807) is 30.3 Å². The zero-order valence-corrected chi connectivity index (χ0v) is 10.4. The van der Waals surface area contributed by atoms with Gasteiger partial charge < -0.3 is 0 Å². The third-order valence-corrected chi connectivity index (χ3v) is 2.79. The van der Waals surface area contributed by atoms with E-state index in [1.807, 2.05) is 0 Å². The van der Waals surface area contributed by atoms with Crippen LogP contribution >= 0.6 is 0 Å². The quantitative estimate of drug-likeness (QED) is 0.814. The number of nitrogens with one attached hydrogen (secondary N) is 2. The molecule has 0 unspecified atom stereocenters. The van der Waals surface area contributed by atoms with Crippen LogP contribution in [0.4, 0.5) is 5.69 Å². The average molecular weight is 265 g/mol. The van der Waals surface area contributed by atoms with Gasteiger partial charge in [-0.05, 0) is 18.2 Å². The van der Waals surface area contributed by atoms with Gasteiger partial charge in [-0.25, -0.2) is 8.42 Å². The van der Waals surface area contributed by atoms with Crippen LogP contribution in [0.15, 0.2) is 30.3 Å². The fourth-order valence-electron chi connectivity index (χ4n) is 1.50. The first-order chi connectivity index (χ1) is 8.48. The molecule has 0 saturated carbocycles. The molecule has 0 atom stereocenters. The highest BCUT2D eigenvalue weighted by atomic mass is 32.2. The summed E-state index contributed by atoms with van der Waals surface area (Å²) in [7, 11) is -3.31. The molecule has 0 aliphatic rings. The second kappa shape index (κ2) is 4.61. The molecule has 0 fully saturated rings. The van der Waals surface area contributed by atoms with Gasteiger partial charge in [-0.2, -0.15) is 5.10 Å². The smallest absolute Gasteiger partial charge is 0.229 e. The van der Waals surface area contributed by atoms with E-state index in [2.05, 4.69) is 14.9 Å². The van der Waals surface area contributed by atoms with Gasteiger partial charge in [-0.15, -0.1) is 0 Å². The maximum atomic E-state index is 11.1. The number of benzene rings is 1. The van der Waals surface area contributed by atoms with Crippen LogP contribution in [0.1, 0.15) is 10.5 Å². The number of hydrogen-bond donors (Lipinski definition) is 2. The van der Waals surface area contributed by atoms with Gasteiger partial charge in [-0.1, -0.05) is 12.1 Å². The summed E-state index contributed by atoms with van der Waals surface area (Å²) in [5.74, 6) is 0. The van der Waals surface area contributed by atoms with Crippen molar-refractivity contribution in [2.45, 2.75) is 0 Å². The van der Waals surface area contributed by atoms with E-state index in [0.29, 0.717) is 28.9 Å². The minimum atomic E-state index is -3.31. The molecule has 0 bridgehead atoms. The van der Waals surface area contributed by atoms with Gasteiger partial charge in [0.05, 0.1) is 17.6 Å². The predicted molar refractivity (Wildman–Crippen MR) is 67.9 cm³/mol. The Kier molecular flexibility index (Phi) is 3.15. The standard InChI is InChI=1S/C11H11N3O3S/c1-18(16,17)14-9-4-2-3-8(5-9)11-6-10(7-15)12-13-11/h2-7,14H,1H3,(H,12,13). The molecule has 7 heteroatoms. The molecular formula is C11H11N3O3S. The molecule has 6 nitrogen and oxygen atoms in total. The highest BCUT2D eigenvalue weighted by Gasteiger charge is 2.06. The SMILES string of the molecule is CS(=O)(=O)Nc1cccc(-c2cc(C=O)[nH]n2)c1. The Morgan fingerprint density at radius 2 is 2.11 bits per heavy atom. The number of sulfonamides is 1. The zero-order chi connectivity index (χ0) is 13.2. The molecule has 94 valence electrons. The Bertz CT molecular complexity index is 676. The van der Waals surface area contributed by atoms with Crippen LogP contribution in [-0.4, -0.2) is 31.2 Å². The average Bonchev–Trinajstić information content (AvgIpc) is 2.75. The lowest BCUT2D eigenvalue weighted by Crippen LogP contribution is -2.09. The molecule has 1 aromatic carbocycles. The fraction of sp³-hybridized carbons (Fsp3) is 0.0909. The van der Waals surface area contributed by atoms with Crippen molar-refractivity contribution in [3.63, 3.8) is 0 Å².